The van der Waals surface area contributed by atoms with Crippen LogP contribution in [0.2, 0.25) is 0 Å². The molecule has 1 saturated heterocycles. The van der Waals surface area contributed by atoms with Crippen LogP contribution in [0.1, 0.15) is 29.7 Å². The van der Waals surface area contributed by atoms with E-state index in [0.29, 0.717) is 18.8 Å². The van der Waals surface area contributed by atoms with Crippen LogP contribution in [0.4, 0.5) is 0 Å². The van der Waals surface area contributed by atoms with Gasteiger partial charge in [0.2, 0.25) is 0 Å². The molecule has 1 aliphatic heterocycles. The maximum absolute atomic E-state index is 12.3. The van der Waals surface area contributed by atoms with Gasteiger partial charge in [0.05, 0.1) is 6.61 Å². The number of aliphatic hydroxyl groups is 1. The van der Waals surface area contributed by atoms with E-state index in [2.05, 4.69) is 4.90 Å². The molecule has 0 bridgehead atoms. The topological polar surface area (TPSA) is 56.9 Å². The molecular weight excluding hydrogens is 244 g/mol. The van der Waals surface area contributed by atoms with Crippen LogP contribution in [-0.4, -0.2) is 60.1 Å². The van der Waals surface area contributed by atoms with E-state index in [4.69, 9.17) is 9.52 Å². The molecule has 0 radical (unpaired) electrons. The van der Waals surface area contributed by atoms with Crippen LogP contribution >= 0.6 is 0 Å². The lowest BCUT2D eigenvalue weighted by Gasteiger charge is -2.20. The van der Waals surface area contributed by atoms with Gasteiger partial charge in [-0.2, -0.15) is 0 Å². The molecule has 1 amide bonds. The van der Waals surface area contributed by atoms with Crippen LogP contribution in [0.3, 0.4) is 0 Å². The van der Waals surface area contributed by atoms with Crippen molar-refractivity contribution in [1.29, 1.82) is 0 Å². The van der Waals surface area contributed by atoms with Crippen LogP contribution < -0.4 is 0 Å². The van der Waals surface area contributed by atoms with E-state index in [0.717, 1.165) is 38.2 Å². The quantitative estimate of drug-likeness (QED) is 0.882. The van der Waals surface area contributed by atoms with E-state index in [1.165, 1.54) is 0 Å². The third-order valence-electron chi connectivity index (χ3n) is 3.51. The Balaban J connectivity index is 1.95. The summed E-state index contributed by atoms with van der Waals surface area (Å²) in [6, 6.07) is 3.63. The van der Waals surface area contributed by atoms with Crippen molar-refractivity contribution in [3.8, 4) is 0 Å². The molecule has 0 saturated carbocycles. The average molecular weight is 266 g/mol. The average Bonchev–Trinajstić information content (AvgIpc) is 2.79. The van der Waals surface area contributed by atoms with Crippen molar-refractivity contribution in [3.63, 3.8) is 0 Å². The van der Waals surface area contributed by atoms with E-state index < -0.39 is 0 Å². The number of hydrogen-bond donors (Lipinski definition) is 1. The van der Waals surface area contributed by atoms with Gasteiger partial charge >= 0.3 is 0 Å². The van der Waals surface area contributed by atoms with E-state index in [-0.39, 0.29) is 12.5 Å². The monoisotopic (exact) mass is 266 g/mol. The van der Waals surface area contributed by atoms with Crippen LogP contribution in [0.15, 0.2) is 16.5 Å². The molecule has 1 N–H and O–H groups in total. The molecule has 2 heterocycles. The number of aryl methyl sites for hydroxylation is 1. The summed E-state index contributed by atoms with van der Waals surface area (Å²) in [5, 5.41) is 8.96. The van der Waals surface area contributed by atoms with Gasteiger partial charge in [-0.15, -0.1) is 0 Å². The fourth-order valence-corrected chi connectivity index (χ4v) is 2.38. The highest BCUT2D eigenvalue weighted by atomic mass is 16.4. The highest BCUT2D eigenvalue weighted by Gasteiger charge is 2.22. The normalized spacial score (nSPS) is 17.5. The Labute approximate surface area is 113 Å². The molecule has 106 valence electrons. The first-order valence-electron chi connectivity index (χ1n) is 6.95. The summed E-state index contributed by atoms with van der Waals surface area (Å²) >= 11 is 0. The Morgan fingerprint density at radius 2 is 2.16 bits per heavy atom. The second-order valence-electron chi connectivity index (χ2n) is 4.83. The highest BCUT2D eigenvalue weighted by molar-refractivity contribution is 5.91. The zero-order chi connectivity index (χ0) is 13.7. The minimum Gasteiger partial charge on any atom is -0.456 e. The van der Waals surface area contributed by atoms with E-state index in [1.54, 1.807) is 6.07 Å². The Kier molecular flexibility index (Phi) is 4.99. The number of rotatable bonds is 4. The Hall–Kier alpha value is -1.33. The molecule has 1 aromatic rings. The Morgan fingerprint density at radius 3 is 2.84 bits per heavy atom. The second kappa shape index (κ2) is 6.73. The Bertz CT molecular complexity index is 417. The fourth-order valence-electron chi connectivity index (χ4n) is 2.38. The highest BCUT2D eigenvalue weighted by Crippen LogP contribution is 2.13. The summed E-state index contributed by atoms with van der Waals surface area (Å²) in [5.74, 6) is 1.26. The number of furan rings is 1. The molecule has 0 aliphatic carbocycles. The zero-order valence-corrected chi connectivity index (χ0v) is 11.5. The molecule has 5 heteroatoms. The summed E-state index contributed by atoms with van der Waals surface area (Å²) in [6.07, 6.45) is 1.74. The summed E-state index contributed by atoms with van der Waals surface area (Å²) in [7, 11) is 0. The van der Waals surface area contributed by atoms with Gasteiger partial charge in [-0.3, -0.25) is 9.69 Å². The van der Waals surface area contributed by atoms with Gasteiger partial charge in [0.25, 0.3) is 5.91 Å². The molecule has 0 unspecified atom stereocenters. The van der Waals surface area contributed by atoms with Crippen LogP contribution in [0.5, 0.6) is 0 Å². The van der Waals surface area contributed by atoms with E-state index in [1.807, 2.05) is 17.9 Å². The van der Waals surface area contributed by atoms with Gasteiger partial charge in [0.15, 0.2) is 5.76 Å². The number of aliphatic hydroxyl groups excluding tert-OH is 1. The molecule has 1 aliphatic rings. The Morgan fingerprint density at radius 1 is 1.32 bits per heavy atom. The van der Waals surface area contributed by atoms with Gasteiger partial charge in [-0.05, 0) is 25.1 Å². The first kappa shape index (κ1) is 14.1. The lowest BCUT2D eigenvalue weighted by Crippen LogP contribution is -2.35. The van der Waals surface area contributed by atoms with Crippen molar-refractivity contribution < 1.29 is 14.3 Å². The molecular formula is C14H22N2O3. The van der Waals surface area contributed by atoms with Gasteiger partial charge in [0.1, 0.15) is 5.76 Å². The first-order valence-corrected chi connectivity index (χ1v) is 6.95. The molecule has 5 nitrogen and oxygen atoms in total. The number of β-amino-alcohol motifs (C(OH)–C–C–N with tert-alkyl or cyclic N) is 1. The second-order valence-corrected chi connectivity index (χ2v) is 4.83. The number of carbonyl (C=O) groups is 1. The lowest BCUT2D eigenvalue weighted by atomic mass is 10.3. The summed E-state index contributed by atoms with van der Waals surface area (Å²) < 4.78 is 5.52. The minimum absolute atomic E-state index is 0.0226. The third-order valence-corrected chi connectivity index (χ3v) is 3.51. The van der Waals surface area contributed by atoms with Crippen molar-refractivity contribution in [2.75, 3.05) is 39.3 Å². The van der Waals surface area contributed by atoms with Crippen molar-refractivity contribution in [3.05, 3.63) is 23.7 Å². The molecule has 0 atom stereocenters. The van der Waals surface area contributed by atoms with Crippen LogP contribution in [0.25, 0.3) is 0 Å². The van der Waals surface area contributed by atoms with E-state index >= 15 is 0 Å². The number of carbonyl (C=O) groups excluding carboxylic acids is 1. The van der Waals surface area contributed by atoms with Crippen LogP contribution in [0, 0.1) is 0 Å². The van der Waals surface area contributed by atoms with Crippen molar-refractivity contribution in [2.24, 2.45) is 0 Å². The molecule has 0 spiro atoms. The molecule has 2 rings (SSSR count). The number of hydrogen-bond acceptors (Lipinski definition) is 4. The zero-order valence-electron chi connectivity index (χ0n) is 11.5. The van der Waals surface area contributed by atoms with Crippen molar-refractivity contribution in [1.82, 2.24) is 9.80 Å². The third kappa shape index (κ3) is 3.58. The van der Waals surface area contributed by atoms with Crippen LogP contribution in [-0.2, 0) is 6.42 Å². The summed E-state index contributed by atoms with van der Waals surface area (Å²) in [4.78, 5) is 16.3. The SMILES string of the molecule is CCc1ccc(C(=O)N2CCCN(CCO)CC2)o1. The standard InChI is InChI=1S/C14H22N2O3/c1-2-12-4-5-13(19-12)14(18)16-7-3-6-15(8-9-16)10-11-17/h4-5,17H,2-3,6-11H2,1H3. The van der Waals surface area contributed by atoms with Gasteiger partial charge in [0, 0.05) is 32.6 Å². The molecule has 0 aromatic carbocycles. The predicted molar refractivity (Wildman–Crippen MR) is 72.1 cm³/mol. The minimum atomic E-state index is -0.0226. The van der Waals surface area contributed by atoms with Gasteiger partial charge in [-0.1, -0.05) is 6.92 Å². The lowest BCUT2D eigenvalue weighted by molar-refractivity contribution is 0.0727. The van der Waals surface area contributed by atoms with E-state index in [9.17, 15) is 4.79 Å². The number of nitrogens with zero attached hydrogens (tertiary/aromatic N) is 2. The molecule has 1 fully saturated rings. The first-order chi connectivity index (χ1) is 9.24. The van der Waals surface area contributed by atoms with Crippen molar-refractivity contribution in [2.45, 2.75) is 19.8 Å². The predicted octanol–water partition coefficient (Wildman–Crippen LogP) is 0.982. The molecule has 19 heavy (non-hydrogen) atoms. The summed E-state index contributed by atoms with van der Waals surface area (Å²) in [5.41, 5.74) is 0. The fraction of sp³-hybridized carbons (Fsp3) is 0.643. The largest absolute Gasteiger partial charge is 0.456 e. The number of amides is 1. The van der Waals surface area contributed by atoms with Gasteiger partial charge < -0.3 is 14.4 Å². The molecule has 1 aromatic heterocycles. The summed E-state index contributed by atoms with van der Waals surface area (Å²) in [6.45, 7) is 6.06. The maximum atomic E-state index is 12.3. The van der Waals surface area contributed by atoms with Crippen molar-refractivity contribution >= 4 is 5.91 Å². The maximum Gasteiger partial charge on any atom is 0.289 e. The van der Waals surface area contributed by atoms with Gasteiger partial charge in [-0.25, -0.2) is 0 Å². The smallest absolute Gasteiger partial charge is 0.289 e.